The lowest BCUT2D eigenvalue weighted by molar-refractivity contribution is -0.126. The van der Waals surface area contributed by atoms with Crippen molar-refractivity contribution in [2.24, 2.45) is 5.92 Å². The van der Waals surface area contributed by atoms with E-state index in [9.17, 15) is 4.79 Å². The lowest BCUT2D eigenvalue weighted by atomic mass is 9.98. The highest BCUT2D eigenvalue weighted by molar-refractivity contribution is 5.80. The summed E-state index contributed by atoms with van der Waals surface area (Å²) in [5, 5.41) is 14.0. The summed E-state index contributed by atoms with van der Waals surface area (Å²) in [4.78, 5) is 16.4. The van der Waals surface area contributed by atoms with Crippen LogP contribution in [0.15, 0.2) is 30.9 Å². The van der Waals surface area contributed by atoms with Crippen molar-refractivity contribution < 1.29 is 4.79 Å². The predicted molar refractivity (Wildman–Crippen MR) is 77.3 cm³/mol. The molecule has 112 valence electrons. The Labute approximate surface area is 123 Å². The van der Waals surface area contributed by atoms with Crippen molar-refractivity contribution in [1.29, 1.82) is 0 Å². The van der Waals surface area contributed by atoms with E-state index in [1.807, 2.05) is 26.0 Å². The largest absolute Gasteiger partial charge is 0.354 e. The third kappa shape index (κ3) is 4.08. The van der Waals surface area contributed by atoms with Gasteiger partial charge in [-0.1, -0.05) is 20.3 Å². The van der Waals surface area contributed by atoms with Gasteiger partial charge in [-0.3, -0.25) is 9.78 Å². The normalized spacial score (nSPS) is 13.6. The van der Waals surface area contributed by atoms with Gasteiger partial charge >= 0.3 is 0 Å². The van der Waals surface area contributed by atoms with Gasteiger partial charge in [-0.2, -0.15) is 0 Å². The van der Waals surface area contributed by atoms with Crippen LogP contribution in [0.25, 0.3) is 0 Å². The summed E-state index contributed by atoms with van der Waals surface area (Å²) in [7, 11) is 0. The number of aromatic nitrogens is 5. The van der Waals surface area contributed by atoms with E-state index < -0.39 is 0 Å². The molecule has 0 aromatic carbocycles. The zero-order valence-corrected chi connectivity index (χ0v) is 12.3. The number of pyridine rings is 1. The molecule has 2 rings (SSSR count). The summed E-state index contributed by atoms with van der Waals surface area (Å²) < 4.78 is 1.52. The number of tetrazole rings is 1. The smallest absolute Gasteiger partial charge is 0.245 e. The van der Waals surface area contributed by atoms with Gasteiger partial charge in [0, 0.05) is 18.9 Å². The van der Waals surface area contributed by atoms with E-state index in [1.165, 1.54) is 11.0 Å². The van der Waals surface area contributed by atoms with Crippen molar-refractivity contribution in [3.05, 3.63) is 36.4 Å². The molecular formula is C14H20N6O. The van der Waals surface area contributed by atoms with E-state index >= 15 is 0 Å². The summed E-state index contributed by atoms with van der Waals surface area (Å²) in [6.45, 7) is 4.65. The molecule has 0 bridgehead atoms. The number of hydrogen-bond donors (Lipinski definition) is 1. The quantitative estimate of drug-likeness (QED) is 0.822. The second-order valence-corrected chi connectivity index (χ2v) is 5.02. The van der Waals surface area contributed by atoms with Crippen LogP contribution in [0.2, 0.25) is 0 Å². The van der Waals surface area contributed by atoms with E-state index in [0.29, 0.717) is 6.54 Å². The van der Waals surface area contributed by atoms with Crippen LogP contribution in [0.5, 0.6) is 0 Å². The van der Waals surface area contributed by atoms with Crippen LogP contribution in [0.4, 0.5) is 0 Å². The maximum atomic E-state index is 12.4. The average Bonchev–Trinajstić information content (AvgIpc) is 3.02. The predicted octanol–water partition coefficient (Wildman–Crippen LogP) is 1.01. The first-order valence-corrected chi connectivity index (χ1v) is 7.11. The van der Waals surface area contributed by atoms with Gasteiger partial charge in [-0.25, -0.2) is 4.68 Å². The van der Waals surface area contributed by atoms with Crippen LogP contribution in [0.3, 0.4) is 0 Å². The summed E-state index contributed by atoms with van der Waals surface area (Å²) in [5.74, 6) is 0.111. The third-order valence-electron chi connectivity index (χ3n) is 3.56. The molecule has 2 aromatic heterocycles. The SMILES string of the molecule is CCC(C)C(C(=O)NCCc1ccncc1)n1cnnn1. The third-order valence-corrected chi connectivity index (χ3v) is 3.56. The Morgan fingerprint density at radius 3 is 2.76 bits per heavy atom. The Bertz CT molecular complexity index is 542. The number of amides is 1. The molecule has 2 aromatic rings. The Morgan fingerprint density at radius 2 is 2.14 bits per heavy atom. The molecule has 0 radical (unpaired) electrons. The second-order valence-electron chi connectivity index (χ2n) is 5.02. The van der Waals surface area contributed by atoms with Crippen molar-refractivity contribution in [2.75, 3.05) is 6.54 Å². The lowest BCUT2D eigenvalue weighted by Crippen LogP contribution is -2.37. The summed E-state index contributed by atoms with van der Waals surface area (Å²) in [6, 6.07) is 3.52. The number of rotatable bonds is 7. The molecule has 2 atom stereocenters. The number of nitrogens with zero attached hydrogens (tertiary/aromatic N) is 5. The van der Waals surface area contributed by atoms with E-state index in [4.69, 9.17) is 0 Å². The molecule has 21 heavy (non-hydrogen) atoms. The van der Waals surface area contributed by atoms with E-state index in [1.54, 1.807) is 12.4 Å². The first-order chi connectivity index (χ1) is 10.2. The first kappa shape index (κ1) is 15.1. The van der Waals surface area contributed by atoms with E-state index in [0.717, 1.165) is 18.4 Å². The van der Waals surface area contributed by atoms with Crippen molar-refractivity contribution in [3.63, 3.8) is 0 Å². The number of hydrogen-bond acceptors (Lipinski definition) is 5. The van der Waals surface area contributed by atoms with Crippen LogP contribution in [-0.2, 0) is 11.2 Å². The Hall–Kier alpha value is -2.31. The highest BCUT2D eigenvalue weighted by Crippen LogP contribution is 2.19. The molecule has 0 spiro atoms. The number of carbonyl (C=O) groups excluding carboxylic acids is 1. The molecule has 7 nitrogen and oxygen atoms in total. The van der Waals surface area contributed by atoms with Crippen LogP contribution in [0.1, 0.15) is 31.9 Å². The van der Waals surface area contributed by atoms with Crippen molar-refractivity contribution in [3.8, 4) is 0 Å². The summed E-state index contributed by atoms with van der Waals surface area (Å²) >= 11 is 0. The highest BCUT2D eigenvalue weighted by Gasteiger charge is 2.26. The van der Waals surface area contributed by atoms with Crippen molar-refractivity contribution in [2.45, 2.75) is 32.7 Å². The molecule has 0 fully saturated rings. The van der Waals surface area contributed by atoms with Crippen LogP contribution < -0.4 is 5.32 Å². The molecule has 0 saturated carbocycles. The standard InChI is InChI=1S/C14H20N6O/c1-3-11(2)13(20-10-17-18-19-20)14(21)16-9-6-12-4-7-15-8-5-12/h4-5,7-8,10-11,13H,3,6,9H2,1-2H3,(H,16,21). The van der Waals surface area contributed by atoms with Gasteiger partial charge in [0.25, 0.3) is 0 Å². The van der Waals surface area contributed by atoms with Gasteiger partial charge in [0.2, 0.25) is 5.91 Å². The Kier molecular flexibility index (Phi) is 5.36. The van der Waals surface area contributed by atoms with E-state index in [2.05, 4.69) is 25.8 Å². The molecule has 0 aliphatic rings. The summed E-state index contributed by atoms with van der Waals surface area (Å²) in [5.41, 5.74) is 1.15. The van der Waals surface area contributed by atoms with Crippen molar-refractivity contribution in [1.82, 2.24) is 30.5 Å². The van der Waals surface area contributed by atoms with Gasteiger partial charge in [0.15, 0.2) is 0 Å². The van der Waals surface area contributed by atoms with Crippen LogP contribution in [-0.4, -0.2) is 37.6 Å². The number of carbonyl (C=O) groups is 1. The second kappa shape index (κ2) is 7.47. The fourth-order valence-electron chi connectivity index (χ4n) is 2.14. The first-order valence-electron chi connectivity index (χ1n) is 7.11. The molecule has 1 N–H and O–H groups in total. The van der Waals surface area contributed by atoms with E-state index in [-0.39, 0.29) is 17.9 Å². The van der Waals surface area contributed by atoms with Crippen LogP contribution in [0, 0.1) is 5.92 Å². The minimum Gasteiger partial charge on any atom is -0.354 e. The zero-order valence-electron chi connectivity index (χ0n) is 12.3. The van der Waals surface area contributed by atoms with Gasteiger partial charge in [0.05, 0.1) is 0 Å². The zero-order chi connectivity index (χ0) is 15.1. The minimum absolute atomic E-state index is 0.0503. The molecule has 2 unspecified atom stereocenters. The van der Waals surface area contributed by atoms with Gasteiger partial charge in [-0.05, 0) is 40.5 Å². The summed E-state index contributed by atoms with van der Waals surface area (Å²) in [6.07, 6.45) is 6.64. The molecule has 7 heteroatoms. The minimum atomic E-state index is -0.373. The maximum absolute atomic E-state index is 12.4. The topological polar surface area (TPSA) is 85.6 Å². The molecule has 0 saturated heterocycles. The average molecular weight is 288 g/mol. The molecule has 1 amide bonds. The van der Waals surface area contributed by atoms with Gasteiger partial charge in [0.1, 0.15) is 12.4 Å². The van der Waals surface area contributed by atoms with Gasteiger partial charge in [-0.15, -0.1) is 5.10 Å². The Balaban J connectivity index is 1.93. The molecular weight excluding hydrogens is 268 g/mol. The lowest BCUT2D eigenvalue weighted by Gasteiger charge is -2.21. The fraction of sp³-hybridized carbons (Fsp3) is 0.500. The van der Waals surface area contributed by atoms with Crippen molar-refractivity contribution >= 4 is 5.91 Å². The highest BCUT2D eigenvalue weighted by atomic mass is 16.2. The fourth-order valence-corrected chi connectivity index (χ4v) is 2.14. The maximum Gasteiger partial charge on any atom is 0.245 e. The molecule has 0 aliphatic heterocycles. The monoisotopic (exact) mass is 288 g/mol. The van der Waals surface area contributed by atoms with Crippen LogP contribution >= 0.6 is 0 Å². The molecule has 2 heterocycles. The molecule has 0 aliphatic carbocycles. The van der Waals surface area contributed by atoms with Gasteiger partial charge < -0.3 is 5.32 Å². The Morgan fingerprint density at radius 1 is 1.38 bits per heavy atom. The number of nitrogens with one attached hydrogen (secondary N) is 1.